The third-order valence-corrected chi connectivity index (χ3v) is 4.66. The van der Waals surface area contributed by atoms with E-state index in [9.17, 15) is 22.8 Å². The van der Waals surface area contributed by atoms with Crippen LogP contribution in [0.15, 0.2) is 33.1 Å². The molecule has 27 heavy (non-hydrogen) atoms. The standard InChI is InChI=1S/C18H23F3N4O2/c1-23-8-6-15(22)24-17(27)14(10-12-4-2-3-5-12)25-9-7-13(11-16(25)26)18(19,20)21/h7-9,11-12,14H,2-6,10H2,1H3,(H2,22,24,27). The van der Waals surface area contributed by atoms with Gasteiger partial charge in [-0.05, 0) is 18.4 Å². The molecular weight excluding hydrogens is 361 g/mol. The Hall–Kier alpha value is -2.45. The van der Waals surface area contributed by atoms with Gasteiger partial charge in [-0.1, -0.05) is 25.7 Å². The van der Waals surface area contributed by atoms with Gasteiger partial charge in [0.1, 0.15) is 11.9 Å². The highest BCUT2D eigenvalue weighted by molar-refractivity contribution is 6.00. The molecule has 1 atom stereocenters. The number of carbonyl (C=O) groups excluding carboxylic acids is 1. The van der Waals surface area contributed by atoms with Crippen LogP contribution in [0, 0.1) is 5.92 Å². The Balaban J connectivity index is 2.34. The highest BCUT2D eigenvalue weighted by atomic mass is 19.4. The fourth-order valence-electron chi connectivity index (χ4n) is 3.27. The van der Waals surface area contributed by atoms with Crippen molar-refractivity contribution in [1.29, 1.82) is 0 Å². The van der Waals surface area contributed by atoms with Crippen molar-refractivity contribution < 1.29 is 18.0 Å². The molecule has 1 unspecified atom stereocenters. The number of aromatic nitrogens is 1. The van der Waals surface area contributed by atoms with Crippen LogP contribution in [-0.4, -0.2) is 29.6 Å². The minimum atomic E-state index is -4.62. The molecule has 1 saturated carbocycles. The predicted molar refractivity (Wildman–Crippen MR) is 97.0 cm³/mol. The Morgan fingerprint density at radius 2 is 2.07 bits per heavy atom. The summed E-state index contributed by atoms with van der Waals surface area (Å²) in [6.07, 6.45) is 2.32. The highest BCUT2D eigenvalue weighted by Crippen LogP contribution is 2.33. The van der Waals surface area contributed by atoms with Crippen LogP contribution in [-0.2, 0) is 11.0 Å². The van der Waals surface area contributed by atoms with Crippen molar-refractivity contribution >= 4 is 18.0 Å². The minimum Gasteiger partial charge on any atom is -0.387 e. The van der Waals surface area contributed by atoms with Crippen molar-refractivity contribution in [3.63, 3.8) is 0 Å². The number of rotatable bonds is 6. The topological polar surface area (TPSA) is 89.8 Å². The second kappa shape index (κ2) is 8.96. The van der Waals surface area contributed by atoms with Gasteiger partial charge in [0.2, 0.25) is 0 Å². The molecule has 0 aromatic carbocycles. The maximum absolute atomic E-state index is 12.8. The number of carbonyl (C=O) groups is 1. The molecule has 1 fully saturated rings. The van der Waals surface area contributed by atoms with E-state index >= 15 is 0 Å². The second-order valence-corrected chi connectivity index (χ2v) is 6.65. The summed E-state index contributed by atoms with van der Waals surface area (Å²) in [5, 5.41) is 0. The molecule has 148 valence electrons. The molecule has 9 heteroatoms. The number of alkyl halides is 3. The SMILES string of the molecule is CN=CCC(N)=NC(=O)C(CC1CCCC1)n1ccc(C(F)(F)F)cc1=O. The van der Waals surface area contributed by atoms with Crippen molar-refractivity contribution in [1.82, 2.24) is 4.57 Å². The number of nitrogens with two attached hydrogens (primary N) is 1. The van der Waals surface area contributed by atoms with Crippen LogP contribution in [0.25, 0.3) is 0 Å². The lowest BCUT2D eigenvalue weighted by Gasteiger charge is -2.21. The zero-order chi connectivity index (χ0) is 20.0. The first kappa shape index (κ1) is 20.9. The molecule has 1 amide bonds. The van der Waals surface area contributed by atoms with Crippen LogP contribution in [0.3, 0.4) is 0 Å². The number of amides is 1. The first-order chi connectivity index (χ1) is 12.7. The number of halogens is 3. The second-order valence-electron chi connectivity index (χ2n) is 6.65. The molecule has 1 aliphatic rings. The molecule has 0 bridgehead atoms. The zero-order valence-corrected chi connectivity index (χ0v) is 15.1. The summed E-state index contributed by atoms with van der Waals surface area (Å²) in [4.78, 5) is 32.5. The van der Waals surface area contributed by atoms with E-state index in [-0.39, 0.29) is 18.2 Å². The van der Waals surface area contributed by atoms with Gasteiger partial charge < -0.3 is 15.3 Å². The summed E-state index contributed by atoms with van der Waals surface area (Å²) >= 11 is 0. The number of hydrogen-bond donors (Lipinski definition) is 1. The molecule has 0 saturated heterocycles. The van der Waals surface area contributed by atoms with Crippen LogP contribution in [0.4, 0.5) is 13.2 Å². The van der Waals surface area contributed by atoms with E-state index < -0.39 is 29.2 Å². The van der Waals surface area contributed by atoms with Gasteiger partial charge >= 0.3 is 6.18 Å². The number of hydrogen-bond acceptors (Lipinski definition) is 3. The molecular formula is C18H23F3N4O2. The fourth-order valence-corrected chi connectivity index (χ4v) is 3.27. The van der Waals surface area contributed by atoms with Crippen LogP contribution in [0.2, 0.25) is 0 Å². The predicted octanol–water partition coefficient (Wildman–Crippen LogP) is 2.96. The lowest BCUT2D eigenvalue weighted by molar-refractivity contribution is -0.137. The van der Waals surface area contributed by atoms with E-state index in [1.54, 1.807) is 7.05 Å². The molecule has 6 nitrogen and oxygen atoms in total. The average Bonchev–Trinajstić information content (AvgIpc) is 3.10. The van der Waals surface area contributed by atoms with Crippen LogP contribution >= 0.6 is 0 Å². The summed E-state index contributed by atoms with van der Waals surface area (Å²) in [5.74, 6) is -0.366. The third-order valence-electron chi connectivity index (χ3n) is 4.66. The Morgan fingerprint density at radius 3 is 2.63 bits per heavy atom. The summed E-state index contributed by atoms with van der Waals surface area (Å²) in [7, 11) is 1.56. The van der Waals surface area contributed by atoms with E-state index in [0.717, 1.165) is 42.5 Å². The van der Waals surface area contributed by atoms with Gasteiger partial charge in [-0.15, -0.1) is 0 Å². The first-order valence-electron chi connectivity index (χ1n) is 8.79. The fraction of sp³-hybridized carbons (Fsp3) is 0.556. The third kappa shape index (κ3) is 5.77. The summed E-state index contributed by atoms with van der Waals surface area (Å²) in [5.41, 5.74) is 3.78. The average molecular weight is 384 g/mol. The van der Waals surface area contributed by atoms with Gasteiger partial charge in [0.15, 0.2) is 0 Å². The molecule has 0 aliphatic heterocycles. The Kier molecular flexibility index (Phi) is 6.92. The lowest BCUT2D eigenvalue weighted by atomic mass is 9.97. The molecule has 0 spiro atoms. The van der Waals surface area contributed by atoms with Crippen LogP contribution < -0.4 is 11.3 Å². The van der Waals surface area contributed by atoms with Crippen molar-refractivity contribution in [2.45, 2.75) is 50.7 Å². The minimum absolute atomic E-state index is 0.0435. The van der Waals surface area contributed by atoms with E-state index in [0.29, 0.717) is 12.5 Å². The van der Waals surface area contributed by atoms with Gasteiger partial charge in [-0.25, -0.2) is 0 Å². The van der Waals surface area contributed by atoms with E-state index in [1.165, 1.54) is 6.21 Å². The van der Waals surface area contributed by atoms with Crippen molar-refractivity contribution in [2.75, 3.05) is 7.05 Å². The van der Waals surface area contributed by atoms with Crippen LogP contribution in [0.5, 0.6) is 0 Å². The van der Waals surface area contributed by atoms with Gasteiger partial charge in [-0.3, -0.25) is 9.59 Å². The van der Waals surface area contributed by atoms with Gasteiger partial charge in [0, 0.05) is 31.9 Å². The van der Waals surface area contributed by atoms with Crippen molar-refractivity contribution in [3.8, 4) is 0 Å². The normalized spacial score (nSPS) is 17.6. The number of pyridine rings is 1. The molecule has 1 heterocycles. The van der Waals surface area contributed by atoms with Crippen molar-refractivity contribution in [2.24, 2.45) is 21.6 Å². The lowest BCUT2D eigenvalue weighted by Crippen LogP contribution is -2.32. The van der Waals surface area contributed by atoms with Gasteiger partial charge in [-0.2, -0.15) is 18.2 Å². The first-order valence-corrected chi connectivity index (χ1v) is 8.79. The summed E-state index contributed by atoms with van der Waals surface area (Å²) in [6, 6.07) is 0.332. The van der Waals surface area contributed by atoms with E-state index in [4.69, 9.17) is 5.73 Å². The monoisotopic (exact) mass is 384 g/mol. The smallest absolute Gasteiger partial charge is 0.387 e. The molecule has 1 aromatic heterocycles. The molecule has 1 aromatic rings. The Labute approximate surface area is 155 Å². The highest BCUT2D eigenvalue weighted by Gasteiger charge is 2.32. The maximum Gasteiger partial charge on any atom is 0.416 e. The molecule has 1 aliphatic carbocycles. The number of aliphatic imine (C=N–C) groups is 2. The number of amidine groups is 1. The van der Waals surface area contributed by atoms with Gasteiger partial charge in [0.05, 0.1) is 5.56 Å². The van der Waals surface area contributed by atoms with E-state index in [2.05, 4.69) is 9.98 Å². The largest absolute Gasteiger partial charge is 0.416 e. The Bertz CT molecular complexity index is 778. The zero-order valence-electron chi connectivity index (χ0n) is 15.1. The van der Waals surface area contributed by atoms with E-state index in [1.807, 2.05) is 0 Å². The maximum atomic E-state index is 12.8. The molecule has 2 rings (SSSR count). The molecule has 2 N–H and O–H groups in total. The summed E-state index contributed by atoms with van der Waals surface area (Å²) in [6.45, 7) is 0. The van der Waals surface area contributed by atoms with Crippen LogP contribution in [0.1, 0.15) is 50.1 Å². The van der Waals surface area contributed by atoms with Gasteiger partial charge in [0.25, 0.3) is 11.5 Å². The Morgan fingerprint density at radius 1 is 1.41 bits per heavy atom. The number of nitrogens with zero attached hydrogens (tertiary/aromatic N) is 3. The quantitative estimate of drug-likeness (QED) is 0.604. The van der Waals surface area contributed by atoms with Crippen molar-refractivity contribution in [3.05, 3.63) is 34.2 Å². The summed E-state index contributed by atoms with van der Waals surface area (Å²) < 4.78 is 39.5. The molecule has 0 radical (unpaired) electrons.